The van der Waals surface area contributed by atoms with Gasteiger partial charge in [0.25, 0.3) is 0 Å². The summed E-state index contributed by atoms with van der Waals surface area (Å²) in [6, 6.07) is 10.2. The van der Waals surface area contributed by atoms with Crippen LogP contribution in [0.2, 0.25) is 0 Å². The van der Waals surface area contributed by atoms with Crippen LogP contribution in [-0.4, -0.2) is 26.5 Å². The first-order valence-electron chi connectivity index (χ1n) is 6.72. The quantitative estimate of drug-likeness (QED) is 0.734. The lowest BCUT2D eigenvalue weighted by Gasteiger charge is -2.00. The first kappa shape index (κ1) is 13.8. The molecule has 3 aromatic rings. The number of hydrogen-bond acceptors (Lipinski definition) is 5. The van der Waals surface area contributed by atoms with Crippen molar-refractivity contribution < 1.29 is 5.11 Å². The van der Waals surface area contributed by atoms with Gasteiger partial charge < -0.3 is 10.4 Å². The molecule has 0 amide bonds. The van der Waals surface area contributed by atoms with E-state index in [1.54, 1.807) is 22.2 Å². The third kappa shape index (κ3) is 3.48. The van der Waals surface area contributed by atoms with Crippen LogP contribution in [0.3, 0.4) is 0 Å². The smallest absolute Gasteiger partial charge is 0.112 e. The minimum Gasteiger partial charge on any atom is -0.394 e. The van der Waals surface area contributed by atoms with Gasteiger partial charge in [-0.1, -0.05) is 30.3 Å². The fourth-order valence-electron chi connectivity index (χ4n) is 1.99. The molecule has 0 spiro atoms. The summed E-state index contributed by atoms with van der Waals surface area (Å²) in [6.45, 7) is 1.27. The Morgan fingerprint density at radius 2 is 2.10 bits per heavy atom. The largest absolute Gasteiger partial charge is 0.394 e. The summed E-state index contributed by atoms with van der Waals surface area (Å²) in [4.78, 5) is 4.63. The maximum atomic E-state index is 8.86. The SMILES string of the molecule is OCCn1cc(NCc2nc(-c3ccccc3)cs2)cn1. The standard InChI is InChI=1S/C15H16N4OS/c20-7-6-19-10-13(8-17-19)16-9-15-18-14(11-21-15)12-4-2-1-3-5-12/h1-5,8,10-11,16,20H,6-7,9H2. The van der Waals surface area contributed by atoms with Crippen molar-refractivity contribution in [2.75, 3.05) is 11.9 Å². The van der Waals surface area contributed by atoms with E-state index in [-0.39, 0.29) is 6.61 Å². The Labute approximate surface area is 126 Å². The van der Waals surface area contributed by atoms with E-state index in [2.05, 4.69) is 32.9 Å². The molecule has 1 aromatic carbocycles. The van der Waals surface area contributed by atoms with Gasteiger partial charge in [-0.05, 0) is 0 Å². The predicted octanol–water partition coefficient (Wildman–Crippen LogP) is 2.61. The lowest BCUT2D eigenvalue weighted by Crippen LogP contribution is -2.02. The molecule has 0 bridgehead atoms. The Hall–Kier alpha value is -2.18. The third-order valence-electron chi connectivity index (χ3n) is 3.03. The van der Waals surface area contributed by atoms with Crippen LogP contribution in [0.15, 0.2) is 48.1 Å². The van der Waals surface area contributed by atoms with Crippen LogP contribution in [0.25, 0.3) is 11.3 Å². The van der Waals surface area contributed by atoms with Crippen molar-refractivity contribution in [2.45, 2.75) is 13.1 Å². The van der Waals surface area contributed by atoms with Crippen LogP contribution in [-0.2, 0) is 13.1 Å². The van der Waals surface area contributed by atoms with E-state index in [4.69, 9.17) is 5.11 Å². The zero-order chi connectivity index (χ0) is 14.5. The van der Waals surface area contributed by atoms with E-state index in [9.17, 15) is 0 Å². The van der Waals surface area contributed by atoms with Gasteiger partial charge in [0, 0.05) is 17.1 Å². The van der Waals surface area contributed by atoms with E-state index in [0.29, 0.717) is 13.1 Å². The molecule has 21 heavy (non-hydrogen) atoms. The minimum absolute atomic E-state index is 0.0913. The molecule has 0 saturated carbocycles. The number of rotatable bonds is 6. The molecule has 0 atom stereocenters. The molecular weight excluding hydrogens is 284 g/mol. The van der Waals surface area contributed by atoms with Crippen molar-refractivity contribution in [3.63, 3.8) is 0 Å². The van der Waals surface area contributed by atoms with Gasteiger partial charge in [0.15, 0.2) is 0 Å². The van der Waals surface area contributed by atoms with E-state index >= 15 is 0 Å². The summed E-state index contributed by atoms with van der Waals surface area (Å²) in [5.41, 5.74) is 3.07. The molecule has 2 heterocycles. The van der Waals surface area contributed by atoms with Gasteiger partial charge >= 0.3 is 0 Å². The molecule has 0 unspecified atom stereocenters. The highest BCUT2D eigenvalue weighted by atomic mass is 32.1. The van der Waals surface area contributed by atoms with Crippen molar-refractivity contribution in [2.24, 2.45) is 0 Å². The number of nitrogens with one attached hydrogen (secondary N) is 1. The molecule has 0 fully saturated rings. The predicted molar refractivity (Wildman–Crippen MR) is 84.2 cm³/mol. The third-order valence-corrected chi connectivity index (χ3v) is 3.88. The number of hydrogen-bond donors (Lipinski definition) is 2. The summed E-state index contributed by atoms with van der Waals surface area (Å²) in [7, 11) is 0. The lowest BCUT2D eigenvalue weighted by atomic mass is 10.2. The first-order valence-corrected chi connectivity index (χ1v) is 7.60. The van der Waals surface area contributed by atoms with Crippen molar-refractivity contribution in [1.29, 1.82) is 0 Å². The van der Waals surface area contributed by atoms with Gasteiger partial charge in [0.1, 0.15) is 5.01 Å². The second-order valence-electron chi connectivity index (χ2n) is 4.56. The highest BCUT2D eigenvalue weighted by molar-refractivity contribution is 7.09. The Balaban J connectivity index is 1.62. The number of benzene rings is 1. The fraction of sp³-hybridized carbons (Fsp3) is 0.200. The van der Waals surface area contributed by atoms with E-state index < -0.39 is 0 Å². The molecule has 3 rings (SSSR count). The van der Waals surface area contributed by atoms with Crippen LogP contribution >= 0.6 is 11.3 Å². The molecule has 2 N–H and O–H groups in total. The highest BCUT2D eigenvalue weighted by Gasteiger charge is 2.04. The Morgan fingerprint density at radius 1 is 1.24 bits per heavy atom. The molecule has 5 nitrogen and oxygen atoms in total. The van der Waals surface area contributed by atoms with Crippen LogP contribution in [0.1, 0.15) is 5.01 Å². The van der Waals surface area contributed by atoms with Gasteiger partial charge in [0.2, 0.25) is 0 Å². The number of aliphatic hydroxyl groups excluding tert-OH is 1. The van der Waals surface area contributed by atoms with E-state index in [1.807, 2.05) is 24.4 Å². The van der Waals surface area contributed by atoms with Crippen LogP contribution in [0.4, 0.5) is 5.69 Å². The second kappa shape index (κ2) is 6.51. The maximum absolute atomic E-state index is 8.86. The Bertz CT molecular complexity index is 693. The number of aromatic nitrogens is 3. The number of anilines is 1. The topological polar surface area (TPSA) is 63.0 Å². The number of thiazole rings is 1. The first-order chi connectivity index (χ1) is 10.3. The van der Waals surface area contributed by atoms with Crippen molar-refractivity contribution in [3.8, 4) is 11.3 Å². The summed E-state index contributed by atoms with van der Waals surface area (Å²) < 4.78 is 1.71. The fourth-order valence-corrected chi connectivity index (χ4v) is 2.73. The Kier molecular flexibility index (Phi) is 4.28. The average molecular weight is 300 g/mol. The normalized spacial score (nSPS) is 10.7. The number of nitrogens with zero attached hydrogens (tertiary/aromatic N) is 3. The lowest BCUT2D eigenvalue weighted by molar-refractivity contribution is 0.269. The second-order valence-corrected chi connectivity index (χ2v) is 5.50. The minimum atomic E-state index is 0.0913. The molecule has 0 aliphatic rings. The van der Waals surface area contributed by atoms with E-state index in [0.717, 1.165) is 22.0 Å². The van der Waals surface area contributed by atoms with Crippen LogP contribution < -0.4 is 5.32 Å². The summed E-state index contributed by atoms with van der Waals surface area (Å²) >= 11 is 1.64. The van der Waals surface area contributed by atoms with Gasteiger partial charge in [-0.15, -0.1) is 11.3 Å². The summed E-state index contributed by atoms with van der Waals surface area (Å²) in [5.74, 6) is 0. The highest BCUT2D eigenvalue weighted by Crippen LogP contribution is 2.22. The van der Waals surface area contributed by atoms with Crippen LogP contribution in [0.5, 0.6) is 0 Å². The van der Waals surface area contributed by atoms with Gasteiger partial charge in [0.05, 0.1) is 37.3 Å². The number of aliphatic hydroxyl groups is 1. The monoisotopic (exact) mass is 300 g/mol. The summed E-state index contributed by atoms with van der Waals surface area (Å²) in [6.07, 6.45) is 3.63. The molecule has 0 saturated heterocycles. The van der Waals surface area contributed by atoms with Crippen molar-refractivity contribution in [3.05, 3.63) is 53.1 Å². The molecule has 6 heteroatoms. The molecule has 108 valence electrons. The van der Waals surface area contributed by atoms with Crippen LogP contribution in [0, 0.1) is 0 Å². The molecule has 0 radical (unpaired) electrons. The van der Waals surface area contributed by atoms with Crippen molar-refractivity contribution >= 4 is 17.0 Å². The molecule has 2 aromatic heterocycles. The zero-order valence-electron chi connectivity index (χ0n) is 11.4. The molecule has 0 aliphatic carbocycles. The average Bonchev–Trinajstić information content (AvgIpc) is 3.16. The molecule has 0 aliphatic heterocycles. The van der Waals surface area contributed by atoms with E-state index in [1.165, 1.54) is 0 Å². The maximum Gasteiger partial charge on any atom is 0.112 e. The Morgan fingerprint density at radius 3 is 2.90 bits per heavy atom. The van der Waals surface area contributed by atoms with Crippen molar-refractivity contribution in [1.82, 2.24) is 14.8 Å². The van der Waals surface area contributed by atoms with Gasteiger partial charge in [-0.25, -0.2) is 4.98 Å². The van der Waals surface area contributed by atoms with Gasteiger partial charge in [-0.2, -0.15) is 5.10 Å². The zero-order valence-corrected chi connectivity index (χ0v) is 12.3. The summed E-state index contributed by atoms with van der Waals surface area (Å²) in [5, 5.41) is 19.4. The van der Waals surface area contributed by atoms with Gasteiger partial charge in [-0.3, -0.25) is 4.68 Å². The molecular formula is C15H16N4OS.